The van der Waals surface area contributed by atoms with Crippen LogP contribution in [0.5, 0.6) is 5.75 Å². The first-order valence-electron chi connectivity index (χ1n) is 9.15. The van der Waals surface area contributed by atoms with Crippen LogP contribution in [0.4, 0.5) is 6.01 Å². The van der Waals surface area contributed by atoms with Crippen LogP contribution in [0.2, 0.25) is 0 Å². The molecular weight excluding hydrogens is 398 g/mol. The molecule has 0 aliphatic carbocycles. The first-order valence-corrected chi connectivity index (χ1v) is 9.97. The number of hydrogen-bond donors (Lipinski definition) is 2. The lowest BCUT2D eigenvalue weighted by Crippen LogP contribution is -2.00. The third kappa shape index (κ3) is 3.11. The van der Waals surface area contributed by atoms with Gasteiger partial charge in [-0.25, -0.2) is 0 Å². The fraction of sp³-hybridized carbons (Fsp3) is 0. The molecular formula is C23H15N3O3S. The molecule has 0 unspecified atom stereocenters. The van der Waals surface area contributed by atoms with Crippen LogP contribution >= 0.6 is 11.3 Å². The molecule has 0 aliphatic rings. The lowest BCUT2D eigenvalue weighted by atomic mass is 9.97. The van der Waals surface area contributed by atoms with Gasteiger partial charge in [0.05, 0.1) is 4.88 Å². The Labute approximate surface area is 175 Å². The second-order valence-electron chi connectivity index (χ2n) is 6.70. The number of aromatic nitrogens is 2. The van der Waals surface area contributed by atoms with E-state index < -0.39 is 0 Å². The van der Waals surface area contributed by atoms with Crippen LogP contribution in [0.1, 0.15) is 15.2 Å². The van der Waals surface area contributed by atoms with Crippen LogP contribution in [0.3, 0.4) is 0 Å². The summed E-state index contributed by atoms with van der Waals surface area (Å²) in [6.07, 6.45) is 0. The second kappa shape index (κ2) is 7.13. The van der Waals surface area contributed by atoms with Gasteiger partial charge < -0.3 is 15.3 Å². The van der Waals surface area contributed by atoms with Gasteiger partial charge in [-0.1, -0.05) is 47.6 Å². The predicted molar refractivity (Wildman–Crippen MR) is 117 cm³/mol. The molecule has 5 aromatic rings. The number of nitrogens with zero attached hydrogens (tertiary/aromatic N) is 2. The Hall–Kier alpha value is -3.97. The van der Waals surface area contributed by atoms with E-state index in [1.165, 1.54) is 11.3 Å². The number of nitrogen functional groups attached to an aromatic ring is 1. The van der Waals surface area contributed by atoms with E-state index in [1.807, 2.05) is 48.5 Å². The third-order valence-corrected chi connectivity index (χ3v) is 5.93. The van der Waals surface area contributed by atoms with Crippen LogP contribution < -0.4 is 5.73 Å². The molecule has 7 heteroatoms. The summed E-state index contributed by atoms with van der Waals surface area (Å²) in [5, 5.41) is 18.4. The van der Waals surface area contributed by atoms with Crippen LogP contribution in [-0.4, -0.2) is 21.1 Å². The van der Waals surface area contributed by atoms with Gasteiger partial charge in [0.1, 0.15) is 5.75 Å². The van der Waals surface area contributed by atoms with Crippen molar-refractivity contribution < 1.29 is 14.3 Å². The second-order valence-corrected chi connectivity index (χ2v) is 7.76. The fourth-order valence-corrected chi connectivity index (χ4v) is 4.60. The first kappa shape index (κ1) is 18.1. The van der Waals surface area contributed by atoms with Gasteiger partial charge in [-0.15, -0.1) is 16.4 Å². The molecule has 0 fully saturated rings. The number of phenolic OH excluding ortho intramolecular Hbond substituents is 1. The zero-order valence-electron chi connectivity index (χ0n) is 15.6. The summed E-state index contributed by atoms with van der Waals surface area (Å²) in [6.45, 7) is 0. The number of rotatable bonds is 4. The minimum absolute atomic E-state index is 0.00783. The van der Waals surface area contributed by atoms with Crippen LogP contribution in [0, 0.1) is 0 Å². The topological polar surface area (TPSA) is 102 Å². The van der Waals surface area contributed by atoms with Crippen molar-refractivity contribution in [3.05, 3.63) is 83.2 Å². The maximum absolute atomic E-state index is 13.3. The van der Waals surface area contributed by atoms with Gasteiger partial charge in [-0.3, -0.25) is 4.79 Å². The molecule has 0 saturated heterocycles. The number of anilines is 1. The summed E-state index contributed by atoms with van der Waals surface area (Å²) in [5.41, 5.74) is 8.57. The Kier molecular flexibility index (Phi) is 4.30. The van der Waals surface area contributed by atoms with Gasteiger partial charge in [0.15, 0.2) is 0 Å². The largest absolute Gasteiger partial charge is 0.508 e. The molecule has 30 heavy (non-hydrogen) atoms. The molecule has 0 spiro atoms. The van der Waals surface area contributed by atoms with Crippen molar-refractivity contribution in [3.8, 4) is 28.3 Å². The highest BCUT2D eigenvalue weighted by Crippen LogP contribution is 2.41. The number of benzene rings is 3. The number of aromatic hydroxyl groups is 1. The zero-order valence-corrected chi connectivity index (χ0v) is 16.4. The number of carbonyl (C=O) groups excluding carboxylic acids is 1. The monoisotopic (exact) mass is 413 g/mol. The smallest absolute Gasteiger partial charge is 0.313 e. The number of phenols is 1. The third-order valence-electron chi connectivity index (χ3n) is 4.78. The van der Waals surface area contributed by atoms with E-state index in [4.69, 9.17) is 10.2 Å². The van der Waals surface area contributed by atoms with Gasteiger partial charge >= 0.3 is 6.01 Å². The van der Waals surface area contributed by atoms with E-state index in [9.17, 15) is 9.90 Å². The Morgan fingerprint density at radius 2 is 1.67 bits per heavy atom. The molecule has 146 valence electrons. The summed E-state index contributed by atoms with van der Waals surface area (Å²) >= 11 is 1.37. The minimum atomic E-state index is -0.0555. The maximum atomic E-state index is 13.3. The van der Waals surface area contributed by atoms with Crippen LogP contribution in [-0.2, 0) is 0 Å². The molecule has 6 nitrogen and oxygen atoms in total. The van der Waals surface area contributed by atoms with E-state index in [2.05, 4.69) is 10.2 Å². The Balaban J connectivity index is 1.66. The molecule has 2 aromatic heterocycles. The number of ketones is 1. The van der Waals surface area contributed by atoms with E-state index in [0.717, 1.165) is 26.8 Å². The molecule has 0 aliphatic heterocycles. The quantitative estimate of drug-likeness (QED) is 0.396. The van der Waals surface area contributed by atoms with E-state index in [1.54, 1.807) is 24.3 Å². The highest BCUT2D eigenvalue weighted by molar-refractivity contribution is 7.21. The summed E-state index contributed by atoms with van der Waals surface area (Å²) in [7, 11) is 0. The number of hydrogen-bond acceptors (Lipinski definition) is 7. The lowest BCUT2D eigenvalue weighted by molar-refractivity contribution is 0.104. The molecule has 0 saturated carbocycles. The number of thiophene rings is 1. The Bertz CT molecular complexity index is 1370. The van der Waals surface area contributed by atoms with Crippen molar-refractivity contribution >= 4 is 33.2 Å². The average Bonchev–Trinajstić information content (AvgIpc) is 3.37. The Morgan fingerprint density at radius 1 is 0.933 bits per heavy atom. The van der Waals surface area contributed by atoms with E-state index in [0.29, 0.717) is 16.3 Å². The summed E-state index contributed by atoms with van der Waals surface area (Å²) < 4.78 is 6.12. The lowest BCUT2D eigenvalue weighted by Gasteiger charge is -2.06. The minimum Gasteiger partial charge on any atom is -0.508 e. The zero-order chi connectivity index (χ0) is 20.7. The van der Waals surface area contributed by atoms with E-state index in [-0.39, 0.29) is 17.5 Å². The van der Waals surface area contributed by atoms with Crippen molar-refractivity contribution in [2.24, 2.45) is 0 Å². The predicted octanol–water partition coefficient (Wildman–Crippen LogP) is 5.14. The van der Waals surface area contributed by atoms with Crippen LogP contribution in [0.15, 0.2) is 77.2 Å². The number of fused-ring (bicyclic) bond motifs is 1. The molecule has 0 atom stereocenters. The molecule has 0 amide bonds. The highest BCUT2D eigenvalue weighted by Gasteiger charge is 2.21. The maximum Gasteiger partial charge on any atom is 0.313 e. The van der Waals surface area contributed by atoms with Gasteiger partial charge in [-0.2, -0.15) is 0 Å². The van der Waals surface area contributed by atoms with Crippen molar-refractivity contribution in [2.75, 3.05) is 5.73 Å². The van der Waals surface area contributed by atoms with Crippen LogP contribution in [0.25, 0.3) is 32.7 Å². The SMILES string of the molecule is Nc1nnc(-c2ccc(-c3c(C(=O)c4ccccc4)sc4cc(O)ccc34)cc2)o1. The molecule has 0 radical (unpaired) electrons. The standard InChI is InChI=1S/C23H15N3O3S/c24-23-26-25-22(29-23)15-8-6-13(7-9-15)19-17-11-10-16(27)12-18(17)30-21(19)20(28)14-4-2-1-3-5-14/h1-12,27H,(H2,24,26). The van der Waals surface area contributed by atoms with Crippen molar-refractivity contribution in [3.63, 3.8) is 0 Å². The summed E-state index contributed by atoms with van der Waals surface area (Å²) in [6, 6.07) is 21.8. The van der Waals surface area contributed by atoms with Crippen molar-refractivity contribution in [1.29, 1.82) is 0 Å². The van der Waals surface area contributed by atoms with E-state index >= 15 is 0 Å². The van der Waals surface area contributed by atoms with Gasteiger partial charge in [0.2, 0.25) is 11.7 Å². The number of carbonyl (C=O) groups is 1. The molecule has 0 bridgehead atoms. The van der Waals surface area contributed by atoms with Gasteiger partial charge in [0, 0.05) is 26.8 Å². The van der Waals surface area contributed by atoms with Gasteiger partial charge in [0.25, 0.3) is 0 Å². The first-order chi connectivity index (χ1) is 14.6. The molecule has 2 heterocycles. The van der Waals surface area contributed by atoms with Crippen molar-refractivity contribution in [2.45, 2.75) is 0 Å². The number of nitrogens with two attached hydrogens (primary N) is 1. The molecule has 3 aromatic carbocycles. The summed E-state index contributed by atoms with van der Waals surface area (Å²) in [4.78, 5) is 13.9. The Morgan fingerprint density at radius 3 is 2.37 bits per heavy atom. The fourth-order valence-electron chi connectivity index (χ4n) is 3.38. The molecule has 5 rings (SSSR count). The summed E-state index contributed by atoms with van der Waals surface area (Å²) in [5.74, 6) is 0.443. The average molecular weight is 413 g/mol. The normalized spacial score (nSPS) is 11.1. The highest BCUT2D eigenvalue weighted by atomic mass is 32.1. The van der Waals surface area contributed by atoms with Gasteiger partial charge in [-0.05, 0) is 35.9 Å². The van der Waals surface area contributed by atoms with Crippen molar-refractivity contribution in [1.82, 2.24) is 10.2 Å². The molecule has 3 N–H and O–H groups in total.